The second-order valence-corrected chi connectivity index (χ2v) is 12.8. The van der Waals surface area contributed by atoms with Crippen molar-refractivity contribution in [1.82, 2.24) is 24.7 Å². The average molecular weight is 641 g/mol. The molecule has 0 saturated heterocycles. The number of aromatic nitrogens is 5. The monoisotopic (exact) mass is 640 g/mol. The van der Waals surface area contributed by atoms with Crippen molar-refractivity contribution in [3.8, 4) is 11.4 Å². The van der Waals surface area contributed by atoms with Gasteiger partial charge in [0.15, 0.2) is 0 Å². The molecule has 0 aliphatic heterocycles. The molecule has 10 nitrogen and oxygen atoms in total. The first kappa shape index (κ1) is 32.2. The lowest BCUT2D eigenvalue weighted by Gasteiger charge is -2.15. The highest BCUT2D eigenvalue weighted by molar-refractivity contribution is 6.07. The molecule has 0 spiro atoms. The van der Waals surface area contributed by atoms with Crippen molar-refractivity contribution in [2.75, 3.05) is 16.0 Å². The number of carbonyl (C=O) groups is 1. The summed E-state index contributed by atoms with van der Waals surface area (Å²) in [5.41, 5.74) is 5.20. The molecule has 0 unspecified atom stereocenters. The normalized spacial score (nSPS) is 11.4. The standard InChI is InChI=1S/C38H40N8O2/c1-6-10-27-22-39-23-35(41-27)43-34-20-26(17-18-40-34)24-48-32-16-15-31(29-13-7-8-14-30(29)32)42-37(47)44-36-21-33(38(3,4)5)45-46(36)28-12-9-11-25(2)19-28/h7-9,11-23H,6,10,24H2,1-5H3,(H,40,41,43)(H2,42,44,47). The van der Waals surface area contributed by atoms with E-state index in [1.165, 1.54) is 0 Å². The Balaban J connectivity index is 1.17. The van der Waals surface area contributed by atoms with Gasteiger partial charge in [0, 0.05) is 34.6 Å². The Morgan fingerprint density at radius 2 is 1.73 bits per heavy atom. The summed E-state index contributed by atoms with van der Waals surface area (Å²) in [7, 11) is 0. The molecule has 10 heteroatoms. The van der Waals surface area contributed by atoms with E-state index < -0.39 is 0 Å². The van der Waals surface area contributed by atoms with Gasteiger partial charge in [-0.1, -0.05) is 70.5 Å². The Labute approximate surface area is 280 Å². The van der Waals surface area contributed by atoms with E-state index in [-0.39, 0.29) is 11.4 Å². The third-order valence-electron chi connectivity index (χ3n) is 7.76. The summed E-state index contributed by atoms with van der Waals surface area (Å²) < 4.78 is 8.08. The van der Waals surface area contributed by atoms with E-state index in [0.717, 1.165) is 51.8 Å². The van der Waals surface area contributed by atoms with Gasteiger partial charge < -0.3 is 15.4 Å². The van der Waals surface area contributed by atoms with Gasteiger partial charge in [0.05, 0.1) is 29.0 Å². The van der Waals surface area contributed by atoms with Gasteiger partial charge in [-0.05, 0) is 60.9 Å². The summed E-state index contributed by atoms with van der Waals surface area (Å²) in [5, 5.41) is 15.9. The maximum absolute atomic E-state index is 13.4. The quantitative estimate of drug-likeness (QED) is 0.137. The topological polar surface area (TPSA) is 119 Å². The molecule has 3 aromatic heterocycles. The van der Waals surface area contributed by atoms with Gasteiger partial charge in [-0.3, -0.25) is 10.3 Å². The third kappa shape index (κ3) is 7.60. The highest BCUT2D eigenvalue weighted by Gasteiger charge is 2.22. The van der Waals surface area contributed by atoms with E-state index in [4.69, 9.17) is 9.84 Å². The smallest absolute Gasteiger partial charge is 0.324 e. The molecule has 0 fully saturated rings. The van der Waals surface area contributed by atoms with Crippen LogP contribution in [0.1, 0.15) is 56.6 Å². The van der Waals surface area contributed by atoms with Gasteiger partial charge in [-0.25, -0.2) is 19.4 Å². The molecule has 0 atom stereocenters. The minimum atomic E-state index is -0.371. The number of aryl methyl sites for hydroxylation is 2. The molecule has 0 bridgehead atoms. The number of pyridine rings is 1. The fraction of sp³-hybridized carbons (Fsp3) is 0.237. The second kappa shape index (κ2) is 13.9. The van der Waals surface area contributed by atoms with Crippen LogP contribution < -0.4 is 20.7 Å². The third-order valence-corrected chi connectivity index (χ3v) is 7.76. The zero-order chi connectivity index (χ0) is 33.7. The Hall–Kier alpha value is -5.77. The van der Waals surface area contributed by atoms with E-state index in [1.54, 1.807) is 23.3 Å². The number of urea groups is 1. The molecule has 0 saturated carbocycles. The summed E-state index contributed by atoms with van der Waals surface area (Å²) in [6.07, 6.45) is 7.09. The summed E-state index contributed by atoms with van der Waals surface area (Å²) >= 11 is 0. The molecule has 244 valence electrons. The molecule has 6 rings (SSSR count). The zero-order valence-corrected chi connectivity index (χ0v) is 27.9. The molecule has 3 N–H and O–H groups in total. The van der Waals surface area contributed by atoms with E-state index in [9.17, 15) is 4.79 Å². The first-order valence-electron chi connectivity index (χ1n) is 16.1. The number of carbonyl (C=O) groups excluding carboxylic acids is 1. The maximum Gasteiger partial charge on any atom is 0.324 e. The van der Waals surface area contributed by atoms with Crippen LogP contribution in [0.4, 0.5) is 27.9 Å². The van der Waals surface area contributed by atoms with Gasteiger partial charge in [-0.2, -0.15) is 5.10 Å². The predicted molar refractivity (Wildman–Crippen MR) is 191 cm³/mol. The molecule has 48 heavy (non-hydrogen) atoms. The van der Waals surface area contributed by atoms with Crippen molar-refractivity contribution < 1.29 is 9.53 Å². The number of hydrogen-bond donors (Lipinski definition) is 3. The predicted octanol–water partition coefficient (Wildman–Crippen LogP) is 8.74. The van der Waals surface area contributed by atoms with Gasteiger partial charge >= 0.3 is 6.03 Å². The van der Waals surface area contributed by atoms with Crippen LogP contribution in [0.3, 0.4) is 0 Å². The van der Waals surface area contributed by atoms with Gasteiger partial charge in [0.25, 0.3) is 0 Å². The van der Waals surface area contributed by atoms with E-state index in [0.29, 0.717) is 35.5 Å². The number of rotatable bonds is 10. The maximum atomic E-state index is 13.4. The number of fused-ring (bicyclic) bond motifs is 1. The number of anilines is 4. The number of nitrogens with one attached hydrogen (secondary N) is 3. The molecular weight excluding hydrogens is 600 g/mol. The van der Waals surface area contributed by atoms with Crippen molar-refractivity contribution in [3.05, 3.63) is 120 Å². The van der Waals surface area contributed by atoms with E-state index >= 15 is 0 Å². The van der Waals surface area contributed by atoms with Gasteiger partial charge in [0.2, 0.25) is 0 Å². The minimum absolute atomic E-state index is 0.197. The number of hydrogen-bond acceptors (Lipinski definition) is 7. The second-order valence-electron chi connectivity index (χ2n) is 12.8. The van der Waals surface area contributed by atoms with E-state index in [1.807, 2.05) is 85.8 Å². The lowest BCUT2D eigenvalue weighted by Crippen LogP contribution is -2.21. The molecule has 0 radical (unpaired) electrons. The van der Waals surface area contributed by atoms with Gasteiger partial charge in [0.1, 0.15) is 29.8 Å². The Bertz CT molecular complexity index is 2060. The van der Waals surface area contributed by atoms with Crippen molar-refractivity contribution in [3.63, 3.8) is 0 Å². The fourth-order valence-electron chi connectivity index (χ4n) is 5.34. The lowest BCUT2D eigenvalue weighted by atomic mass is 9.92. The number of benzene rings is 3. The van der Waals surface area contributed by atoms with Crippen LogP contribution in [0.2, 0.25) is 0 Å². The first-order valence-corrected chi connectivity index (χ1v) is 16.1. The van der Waals surface area contributed by atoms with Crippen molar-refractivity contribution in [2.24, 2.45) is 0 Å². The highest BCUT2D eigenvalue weighted by Crippen LogP contribution is 2.33. The SMILES string of the molecule is CCCc1cncc(Nc2cc(COc3ccc(NC(=O)Nc4cc(C(C)(C)C)nn4-c4cccc(C)c4)c4ccccc34)ccn2)n1. The van der Waals surface area contributed by atoms with Crippen LogP contribution in [0.5, 0.6) is 5.75 Å². The van der Waals surface area contributed by atoms with Crippen LogP contribution in [-0.4, -0.2) is 30.8 Å². The zero-order valence-electron chi connectivity index (χ0n) is 27.9. The lowest BCUT2D eigenvalue weighted by molar-refractivity contribution is 0.262. The highest BCUT2D eigenvalue weighted by atomic mass is 16.5. The molecule has 6 aromatic rings. The van der Waals surface area contributed by atoms with Crippen LogP contribution >= 0.6 is 0 Å². The minimum Gasteiger partial charge on any atom is -0.488 e. The average Bonchev–Trinajstić information content (AvgIpc) is 3.49. The van der Waals surface area contributed by atoms with Gasteiger partial charge in [-0.15, -0.1) is 0 Å². The first-order chi connectivity index (χ1) is 23.2. The Morgan fingerprint density at radius 3 is 2.52 bits per heavy atom. The van der Waals surface area contributed by atoms with Crippen LogP contribution in [0.15, 0.2) is 97.5 Å². The van der Waals surface area contributed by atoms with Crippen molar-refractivity contribution in [1.29, 1.82) is 0 Å². The number of amides is 2. The van der Waals surface area contributed by atoms with Crippen LogP contribution in [0, 0.1) is 6.92 Å². The van der Waals surface area contributed by atoms with Crippen LogP contribution in [-0.2, 0) is 18.4 Å². The molecule has 0 aliphatic carbocycles. The van der Waals surface area contributed by atoms with Crippen LogP contribution in [0.25, 0.3) is 16.5 Å². The summed E-state index contributed by atoms with van der Waals surface area (Å²) in [4.78, 5) is 26.8. The molecule has 3 aromatic carbocycles. The summed E-state index contributed by atoms with van der Waals surface area (Å²) in [5.74, 6) is 2.60. The fourth-order valence-corrected chi connectivity index (χ4v) is 5.34. The number of ether oxygens (including phenoxy) is 1. The largest absolute Gasteiger partial charge is 0.488 e. The van der Waals surface area contributed by atoms with Crippen molar-refractivity contribution >= 4 is 39.9 Å². The molecular formula is C38H40N8O2. The Morgan fingerprint density at radius 1 is 0.896 bits per heavy atom. The Kier molecular flexibility index (Phi) is 9.33. The molecule has 2 amide bonds. The van der Waals surface area contributed by atoms with Crippen molar-refractivity contribution in [2.45, 2.75) is 59.5 Å². The molecule has 0 aliphatic rings. The van der Waals surface area contributed by atoms with E-state index in [2.05, 4.69) is 58.6 Å². The molecule has 3 heterocycles. The summed E-state index contributed by atoms with van der Waals surface area (Å²) in [6.45, 7) is 10.8. The summed E-state index contributed by atoms with van der Waals surface area (Å²) in [6, 6.07) is 25.0. The number of nitrogens with zero attached hydrogens (tertiary/aromatic N) is 5.